The van der Waals surface area contributed by atoms with E-state index < -0.39 is 21.6 Å². The van der Waals surface area contributed by atoms with E-state index in [1.54, 1.807) is 0 Å². The van der Waals surface area contributed by atoms with Crippen molar-refractivity contribution in [3.8, 4) is 17.5 Å². The molecule has 2 rings (SSSR count). The Kier molecular flexibility index (Phi) is 2.92. The molecule has 0 aliphatic heterocycles. The predicted molar refractivity (Wildman–Crippen MR) is 62.6 cm³/mol. The first kappa shape index (κ1) is 12.3. The highest BCUT2D eigenvalue weighted by atomic mass is 32.2. The summed E-state index contributed by atoms with van der Waals surface area (Å²) in [6, 6.07) is 6.66. The minimum Gasteiger partial charge on any atom is -0.497 e. The van der Waals surface area contributed by atoms with Gasteiger partial charge in [0.05, 0.1) is 12.0 Å². The van der Waals surface area contributed by atoms with Crippen LogP contribution in [0.2, 0.25) is 0 Å². The highest BCUT2D eigenvalue weighted by molar-refractivity contribution is 7.91. The minimum atomic E-state index is -3.87. The molecule has 1 heterocycles. The van der Waals surface area contributed by atoms with Crippen LogP contribution in [0.3, 0.4) is 0 Å². The summed E-state index contributed by atoms with van der Waals surface area (Å²) in [5.41, 5.74) is 0. The average Bonchev–Trinajstić information content (AvgIpc) is 2.69. The van der Waals surface area contributed by atoms with Crippen molar-refractivity contribution in [1.29, 1.82) is 0 Å². The molecule has 0 atom stereocenters. The SMILES string of the molecule is COc1ccc(S(=O)(=O)c2cc(O)[nH]c2O)cc1. The standard InChI is InChI=1S/C11H11NO5S/c1-17-7-2-4-8(5-3-7)18(15,16)9-6-10(13)12-11(9)14/h2-6,12-14H,1H3. The maximum atomic E-state index is 12.1. The number of methoxy groups -OCH3 is 1. The van der Waals surface area contributed by atoms with Crippen molar-refractivity contribution in [2.24, 2.45) is 0 Å². The fraction of sp³-hybridized carbons (Fsp3) is 0.0909. The molecule has 0 fully saturated rings. The summed E-state index contributed by atoms with van der Waals surface area (Å²) in [4.78, 5) is 1.74. The first-order valence-electron chi connectivity index (χ1n) is 4.95. The van der Waals surface area contributed by atoms with Gasteiger partial charge in [0, 0.05) is 6.07 Å². The second-order valence-corrected chi connectivity index (χ2v) is 5.46. The minimum absolute atomic E-state index is 0.00222. The van der Waals surface area contributed by atoms with E-state index in [1.807, 2.05) is 0 Å². The van der Waals surface area contributed by atoms with Crippen molar-refractivity contribution in [2.45, 2.75) is 9.79 Å². The number of hydrogen-bond acceptors (Lipinski definition) is 5. The van der Waals surface area contributed by atoms with Crippen LogP contribution in [0, 0.1) is 0 Å². The van der Waals surface area contributed by atoms with E-state index in [2.05, 4.69) is 4.98 Å². The molecule has 18 heavy (non-hydrogen) atoms. The number of benzene rings is 1. The summed E-state index contributed by atoms with van der Waals surface area (Å²) in [6.07, 6.45) is 0. The van der Waals surface area contributed by atoms with E-state index in [-0.39, 0.29) is 9.79 Å². The molecule has 0 aliphatic rings. The molecule has 0 saturated heterocycles. The number of rotatable bonds is 3. The van der Waals surface area contributed by atoms with Crippen molar-refractivity contribution in [1.82, 2.24) is 4.98 Å². The number of nitrogens with one attached hydrogen (secondary N) is 1. The molecule has 96 valence electrons. The Morgan fingerprint density at radius 3 is 2.22 bits per heavy atom. The van der Waals surface area contributed by atoms with Crippen molar-refractivity contribution >= 4 is 9.84 Å². The van der Waals surface area contributed by atoms with Crippen LogP contribution in [0.4, 0.5) is 0 Å². The third-order valence-electron chi connectivity index (χ3n) is 2.41. The normalized spacial score (nSPS) is 11.4. The van der Waals surface area contributed by atoms with Crippen LogP contribution in [-0.4, -0.2) is 30.7 Å². The number of H-pyrrole nitrogens is 1. The van der Waals surface area contributed by atoms with Crippen LogP contribution >= 0.6 is 0 Å². The Hall–Kier alpha value is -2.15. The van der Waals surface area contributed by atoms with Gasteiger partial charge in [-0.05, 0) is 24.3 Å². The lowest BCUT2D eigenvalue weighted by molar-refractivity contribution is 0.414. The Labute approximate surface area is 103 Å². The molecule has 0 aliphatic carbocycles. The molecule has 2 aromatic rings. The van der Waals surface area contributed by atoms with Gasteiger partial charge < -0.3 is 14.9 Å². The Balaban J connectivity index is 2.51. The van der Waals surface area contributed by atoms with Gasteiger partial charge in [-0.1, -0.05) is 0 Å². The monoisotopic (exact) mass is 269 g/mol. The fourth-order valence-electron chi connectivity index (χ4n) is 1.50. The van der Waals surface area contributed by atoms with Gasteiger partial charge in [-0.2, -0.15) is 0 Å². The van der Waals surface area contributed by atoms with Crippen molar-refractivity contribution in [2.75, 3.05) is 7.11 Å². The topological polar surface area (TPSA) is 99.6 Å². The Morgan fingerprint density at radius 1 is 1.17 bits per heavy atom. The Morgan fingerprint density at radius 2 is 1.78 bits per heavy atom. The van der Waals surface area contributed by atoms with Crippen LogP contribution in [-0.2, 0) is 9.84 Å². The maximum absolute atomic E-state index is 12.1. The number of hydrogen-bond donors (Lipinski definition) is 3. The third-order valence-corrected chi connectivity index (χ3v) is 4.19. The highest BCUT2D eigenvalue weighted by Gasteiger charge is 2.24. The predicted octanol–water partition coefficient (Wildman–Crippen LogP) is 1.27. The summed E-state index contributed by atoms with van der Waals surface area (Å²) in [7, 11) is -2.40. The molecule has 7 heteroatoms. The van der Waals surface area contributed by atoms with Crippen LogP contribution in [0.25, 0.3) is 0 Å². The van der Waals surface area contributed by atoms with Gasteiger partial charge in [-0.3, -0.25) is 4.98 Å². The number of aromatic amines is 1. The molecule has 0 unspecified atom stereocenters. The number of sulfone groups is 1. The highest BCUT2D eigenvalue weighted by Crippen LogP contribution is 2.31. The quantitative estimate of drug-likeness (QED) is 0.779. The van der Waals surface area contributed by atoms with E-state index in [0.717, 1.165) is 6.07 Å². The number of ether oxygens (including phenoxy) is 1. The van der Waals surface area contributed by atoms with Gasteiger partial charge in [0.1, 0.15) is 10.6 Å². The molecular weight excluding hydrogens is 258 g/mol. The van der Waals surface area contributed by atoms with Crippen LogP contribution in [0.15, 0.2) is 40.1 Å². The summed E-state index contributed by atoms with van der Waals surface area (Å²) in [5, 5.41) is 18.5. The van der Waals surface area contributed by atoms with E-state index in [9.17, 15) is 13.5 Å². The second-order valence-electron chi connectivity index (χ2n) is 3.55. The van der Waals surface area contributed by atoms with E-state index >= 15 is 0 Å². The molecule has 0 amide bonds. The lowest BCUT2D eigenvalue weighted by atomic mass is 10.3. The van der Waals surface area contributed by atoms with Crippen LogP contribution in [0.1, 0.15) is 0 Å². The molecular formula is C11H11NO5S. The van der Waals surface area contributed by atoms with E-state index in [4.69, 9.17) is 9.84 Å². The van der Waals surface area contributed by atoms with Gasteiger partial charge in [0.25, 0.3) is 0 Å². The lowest BCUT2D eigenvalue weighted by Gasteiger charge is -2.04. The number of aromatic nitrogens is 1. The second kappa shape index (κ2) is 4.26. The third kappa shape index (κ3) is 2.00. The summed E-state index contributed by atoms with van der Waals surface area (Å²) in [5.74, 6) is -0.488. The van der Waals surface area contributed by atoms with Crippen LogP contribution in [0.5, 0.6) is 17.5 Å². The summed E-state index contributed by atoms with van der Waals surface area (Å²) in [6.45, 7) is 0. The van der Waals surface area contributed by atoms with Gasteiger partial charge in [-0.15, -0.1) is 0 Å². The van der Waals surface area contributed by atoms with Gasteiger partial charge in [0.15, 0.2) is 5.88 Å². The fourth-order valence-corrected chi connectivity index (χ4v) is 2.82. The zero-order valence-electron chi connectivity index (χ0n) is 9.41. The summed E-state index contributed by atoms with van der Waals surface area (Å²) < 4.78 is 29.2. The molecule has 1 aromatic heterocycles. The Bertz CT molecular complexity index is 657. The number of aromatic hydroxyl groups is 2. The van der Waals surface area contributed by atoms with E-state index in [0.29, 0.717) is 5.75 Å². The van der Waals surface area contributed by atoms with Gasteiger partial charge >= 0.3 is 0 Å². The van der Waals surface area contributed by atoms with Crippen LogP contribution < -0.4 is 4.74 Å². The largest absolute Gasteiger partial charge is 0.497 e. The smallest absolute Gasteiger partial charge is 0.212 e. The molecule has 0 radical (unpaired) electrons. The zero-order valence-corrected chi connectivity index (χ0v) is 10.2. The van der Waals surface area contributed by atoms with Gasteiger partial charge in [0.2, 0.25) is 15.7 Å². The van der Waals surface area contributed by atoms with Gasteiger partial charge in [-0.25, -0.2) is 8.42 Å². The summed E-state index contributed by atoms with van der Waals surface area (Å²) >= 11 is 0. The van der Waals surface area contributed by atoms with E-state index in [1.165, 1.54) is 31.4 Å². The first-order valence-corrected chi connectivity index (χ1v) is 6.43. The maximum Gasteiger partial charge on any atom is 0.212 e. The molecule has 0 bridgehead atoms. The van der Waals surface area contributed by atoms with Crippen molar-refractivity contribution in [3.05, 3.63) is 30.3 Å². The first-order chi connectivity index (χ1) is 8.45. The van der Waals surface area contributed by atoms with Crippen molar-refractivity contribution < 1.29 is 23.4 Å². The molecule has 6 nitrogen and oxygen atoms in total. The molecule has 1 aromatic carbocycles. The molecule has 0 spiro atoms. The van der Waals surface area contributed by atoms with Crippen molar-refractivity contribution in [3.63, 3.8) is 0 Å². The molecule has 3 N–H and O–H groups in total. The lowest BCUT2D eigenvalue weighted by Crippen LogP contribution is -2.00. The average molecular weight is 269 g/mol. The molecule has 0 saturated carbocycles. The zero-order chi connectivity index (χ0) is 13.3.